The highest BCUT2D eigenvalue weighted by atomic mass is 32.2. The summed E-state index contributed by atoms with van der Waals surface area (Å²) in [4.78, 5) is 0.324. The van der Waals surface area contributed by atoms with Gasteiger partial charge in [0.1, 0.15) is 5.76 Å². The molecule has 2 aromatic rings. The van der Waals surface area contributed by atoms with E-state index >= 15 is 0 Å². The van der Waals surface area contributed by atoms with Crippen LogP contribution < -0.4 is 5.32 Å². The first-order valence-corrected chi connectivity index (χ1v) is 8.68. The van der Waals surface area contributed by atoms with E-state index in [-0.39, 0.29) is 0 Å². The Hall–Kier alpha value is -1.70. The van der Waals surface area contributed by atoms with Crippen molar-refractivity contribution in [2.24, 2.45) is 0 Å². The van der Waals surface area contributed by atoms with Gasteiger partial charge in [0.05, 0.1) is 10.6 Å². The van der Waals surface area contributed by atoms with Gasteiger partial charge in [0.2, 0.25) is 10.0 Å². The fourth-order valence-electron chi connectivity index (χ4n) is 2.72. The first-order chi connectivity index (χ1) is 10.5. The van der Waals surface area contributed by atoms with Crippen LogP contribution in [0.1, 0.15) is 11.5 Å². The molecule has 6 nitrogen and oxygen atoms in total. The van der Waals surface area contributed by atoms with Crippen LogP contribution in [0.5, 0.6) is 0 Å². The van der Waals surface area contributed by atoms with Gasteiger partial charge in [0.25, 0.3) is 0 Å². The molecule has 0 amide bonds. The number of aromatic nitrogens is 1. The van der Waals surface area contributed by atoms with Gasteiger partial charge in [-0.1, -0.05) is 17.3 Å². The number of benzene rings is 1. The molecule has 0 bridgehead atoms. The van der Waals surface area contributed by atoms with Gasteiger partial charge in [-0.2, -0.15) is 4.31 Å². The van der Waals surface area contributed by atoms with E-state index in [4.69, 9.17) is 4.52 Å². The van der Waals surface area contributed by atoms with Crippen molar-refractivity contribution >= 4 is 10.0 Å². The normalized spacial score (nSPS) is 16.8. The molecule has 1 aromatic carbocycles. The number of nitrogens with one attached hydrogen (secondary N) is 1. The van der Waals surface area contributed by atoms with Crippen molar-refractivity contribution in [2.45, 2.75) is 18.7 Å². The van der Waals surface area contributed by atoms with Crippen LogP contribution in [0.4, 0.5) is 0 Å². The summed E-state index contributed by atoms with van der Waals surface area (Å²) in [5, 5.41) is 7.08. The lowest BCUT2D eigenvalue weighted by atomic mass is 10.0. The third kappa shape index (κ3) is 2.67. The molecule has 3 rings (SSSR count). The van der Waals surface area contributed by atoms with Gasteiger partial charge in [-0.15, -0.1) is 0 Å². The molecular weight excluding hydrogens is 302 g/mol. The average Bonchev–Trinajstić information content (AvgIpc) is 2.87. The van der Waals surface area contributed by atoms with Crippen molar-refractivity contribution in [3.8, 4) is 11.1 Å². The minimum absolute atomic E-state index is 0.324. The standard InChI is InChI=1S/C15H19N3O3S/c1-11-15(12(2)21-17-11)13-3-5-14(6-4-13)22(19,20)18-9-7-16-8-10-18/h3-6,16H,7-10H2,1-2H3. The molecule has 1 N–H and O–H groups in total. The minimum Gasteiger partial charge on any atom is -0.361 e. The molecule has 0 radical (unpaired) electrons. The van der Waals surface area contributed by atoms with E-state index in [0.29, 0.717) is 31.1 Å². The highest BCUT2D eigenvalue weighted by Gasteiger charge is 2.25. The zero-order valence-corrected chi connectivity index (χ0v) is 13.5. The molecule has 1 saturated heterocycles. The molecular formula is C15H19N3O3S. The molecule has 0 spiro atoms. The molecule has 0 saturated carbocycles. The summed E-state index contributed by atoms with van der Waals surface area (Å²) in [6.45, 7) is 6.12. The molecule has 1 aliphatic rings. The third-order valence-corrected chi connectivity index (χ3v) is 5.80. The maximum absolute atomic E-state index is 12.6. The van der Waals surface area contributed by atoms with Gasteiger partial charge in [-0.3, -0.25) is 0 Å². The van der Waals surface area contributed by atoms with Gasteiger partial charge >= 0.3 is 0 Å². The van der Waals surface area contributed by atoms with E-state index in [2.05, 4.69) is 10.5 Å². The number of aryl methyl sites for hydroxylation is 2. The molecule has 22 heavy (non-hydrogen) atoms. The summed E-state index contributed by atoms with van der Waals surface area (Å²) in [6.07, 6.45) is 0. The van der Waals surface area contributed by atoms with E-state index < -0.39 is 10.0 Å². The Kier molecular flexibility index (Phi) is 4.03. The topological polar surface area (TPSA) is 75.4 Å². The molecule has 1 fully saturated rings. The smallest absolute Gasteiger partial charge is 0.243 e. The van der Waals surface area contributed by atoms with E-state index in [9.17, 15) is 8.42 Å². The Morgan fingerprint density at radius 1 is 1.14 bits per heavy atom. The zero-order valence-electron chi connectivity index (χ0n) is 12.7. The fourth-order valence-corrected chi connectivity index (χ4v) is 4.16. The van der Waals surface area contributed by atoms with Gasteiger partial charge < -0.3 is 9.84 Å². The summed E-state index contributed by atoms with van der Waals surface area (Å²) < 4.78 is 31.9. The van der Waals surface area contributed by atoms with Crippen LogP contribution in [-0.2, 0) is 10.0 Å². The predicted molar refractivity (Wildman–Crippen MR) is 83.0 cm³/mol. The summed E-state index contributed by atoms with van der Waals surface area (Å²) in [7, 11) is -3.41. The van der Waals surface area contributed by atoms with Crippen LogP contribution in [0.3, 0.4) is 0 Å². The summed E-state index contributed by atoms with van der Waals surface area (Å²) in [5.41, 5.74) is 2.64. The maximum Gasteiger partial charge on any atom is 0.243 e. The largest absolute Gasteiger partial charge is 0.361 e. The van der Waals surface area contributed by atoms with E-state index in [1.807, 2.05) is 26.0 Å². The number of hydrogen-bond acceptors (Lipinski definition) is 5. The molecule has 0 unspecified atom stereocenters. The predicted octanol–water partition coefficient (Wildman–Crippen LogP) is 1.55. The quantitative estimate of drug-likeness (QED) is 0.928. The van der Waals surface area contributed by atoms with Crippen LogP contribution in [0.25, 0.3) is 11.1 Å². The molecule has 118 valence electrons. The molecule has 7 heteroatoms. The maximum atomic E-state index is 12.6. The first kappa shape index (κ1) is 15.2. The van der Waals surface area contributed by atoms with Crippen LogP contribution in [-0.4, -0.2) is 44.1 Å². The molecule has 2 heterocycles. The summed E-state index contributed by atoms with van der Waals surface area (Å²) >= 11 is 0. The van der Waals surface area contributed by atoms with Crippen LogP contribution >= 0.6 is 0 Å². The lowest BCUT2D eigenvalue weighted by molar-refractivity contribution is 0.360. The van der Waals surface area contributed by atoms with Crippen LogP contribution in [0, 0.1) is 13.8 Å². The van der Waals surface area contributed by atoms with Crippen molar-refractivity contribution in [1.29, 1.82) is 0 Å². The Bertz CT molecular complexity index is 740. The van der Waals surface area contributed by atoms with Gasteiger partial charge in [0, 0.05) is 31.7 Å². The second kappa shape index (κ2) is 5.83. The van der Waals surface area contributed by atoms with Crippen molar-refractivity contribution in [3.05, 3.63) is 35.7 Å². The second-order valence-corrected chi connectivity index (χ2v) is 7.32. The Morgan fingerprint density at radius 3 is 2.32 bits per heavy atom. The van der Waals surface area contributed by atoms with Crippen LogP contribution in [0.15, 0.2) is 33.7 Å². The molecule has 1 aromatic heterocycles. The minimum atomic E-state index is -3.41. The highest BCUT2D eigenvalue weighted by molar-refractivity contribution is 7.89. The number of hydrogen-bond donors (Lipinski definition) is 1. The average molecular weight is 321 g/mol. The van der Waals surface area contributed by atoms with Gasteiger partial charge in [-0.05, 0) is 31.5 Å². The molecule has 0 aliphatic carbocycles. The number of nitrogens with zero attached hydrogens (tertiary/aromatic N) is 2. The Balaban J connectivity index is 1.91. The van der Waals surface area contributed by atoms with E-state index in [0.717, 1.165) is 22.6 Å². The van der Waals surface area contributed by atoms with E-state index in [1.54, 1.807) is 12.1 Å². The number of piperazine rings is 1. The lowest BCUT2D eigenvalue weighted by Gasteiger charge is -2.26. The molecule has 0 atom stereocenters. The first-order valence-electron chi connectivity index (χ1n) is 7.24. The number of rotatable bonds is 3. The van der Waals surface area contributed by atoms with E-state index in [1.165, 1.54) is 4.31 Å². The highest BCUT2D eigenvalue weighted by Crippen LogP contribution is 2.28. The summed E-state index contributed by atoms with van der Waals surface area (Å²) in [6, 6.07) is 6.92. The van der Waals surface area contributed by atoms with Gasteiger partial charge in [0.15, 0.2) is 0 Å². The van der Waals surface area contributed by atoms with Gasteiger partial charge in [-0.25, -0.2) is 8.42 Å². The second-order valence-electron chi connectivity index (χ2n) is 5.38. The Labute approximate surface area is 130 Å². The van der Waals surface area contributed by atoms with Crippen molar-refractivity contribution < 1.29 is 12.9 Å². The van der Waals surface area contributed by atoms with Crippen LogP contribution in [0.2, 0.25) is 0 Å². The zero-order chi connectivity index (χ0) is 15.7. The lowest BCUT2D eigenvalue weighted by Crippen LogP contribution is -2.46. The fraction of sp³-hybridized carbons (Fsp3) is 0.400. The SMILES string of the molecule is Cc1noc(C)c1-c1ccc(S(=O)(=O)N2CCNCC2)cc1. The van der Waals surface area contributed by atoms with Crippen molar-refractivity contribution in [2.75, 3.05) is 26.2 Å². The Morgan fingerprint density at radius 2 is 1.77 bits per heavy atom. The number of sulfonamides is 1. The third-order valence-electron chi connectivity index (χ3n) is 3.89. The summed E-state index contributed by atoms with van der Waals surface area (Å²) in [5.74, 6) is 0.732. The molecule has 1 aliphatic heterocycles. The van der Waals surface area contributed by atoms with Crippen molar-refractivity contribution in [3.63, 3.8) is 0 Å². The van der Waals surface area contributed by atoms with Crippen molar-refractivity contribution in [1.82, 2.24) is 14.8 Å². The monoisotopic (exact) mass is 321 g/mol.